The number of rotatable bonds is 4. The van der Waals surface area contributed by atoms with Crippen LogP contribution in [-0.2, 0) is 0 Å². The Labute approximate surface area is 212 Å². The van der Waals surface area contributed by atoms with Crippen molar-refractivity contribution in [2.24, 2.45) is 11.0 Å². The van der Waals surface area contributed by atoms with Crippen LogP contribution >= 0.6 is 27.3 Å². The van der Waals surface area contributed by atoms with Crippen LogP contribution in [0.15, 0.2) is 105 Å². The number of nitrogens with zero attached hydrogens (tertiary/aromatic N) is 3. The van der Waals surface area contributed by atoms with Crippen LogP contribution in [0.1, 0.15) is 36.4 Å². The summed E-state index contributed by atoms with van der Waals surface area (Å²) in [6, 6.07) is 29.9. The van der Waals surface area contributed by atoms with Gasteiger partial charge in [-0.05, 0) is 54.2 Å². The summed E-state index contributed by atoms with van der Waals surface area (Å²) in [6.45, 7) is 0. The van der Waals surface area contributed by atoms with Gasteiger partial charge in [0, 0.05) is 21.3 Å². The van der Waals surface area contributed by atoms with Crippen molar-refractivity contribution < 1.29 is 0 Å². The summed E-state index contributed by atoms with van der Waals surface area (Å²) >= 11 is 5.20. The first-order chi connectivity index (χ1) is 16.8. The first-order valence-corrected chi connectivity index (χ1v) is 13.3. The maximum atomic E-state index is 5.26. The van der Waals surface area contributed by atoms with Gasteiger partial charge in [0.15, 0.2) is 0 Å². The highest BCUT2D eigenvalue weighted by Crippen LogP contribution is 2.47. The van der Waals surface area contributed by atoms with E-state index < -0.39 is 0 Å². The average Bonchev–Trinajstić information content (AvgIpc) is 3.51. The second kappa shape index (κ2) is 9.32. The summed E-state index contributed by atoms with van der Waals surface area (Å²) in [5, 5.41) is 10.5. The number of anilines is 1. The molecule has 0 bridgehead atoms. The summed E-state index contributed by atoms with van der Waals surface area (Å²) < 4.78 is 1.07. The zero-order valence-corrected chi connectivity index (χ0v) is 21.0. The van der Waals surface area contributed by atoms with Crippen molar-refractivity contribution in [1.82, 2.24) is 4.98 Å². The van der Waals surface area contributed by atoms with E-state index in [0.717, 1.165) is 33.7 Å². The van der Waals surface area contributed by atoms with Crippen molar-refractivity contribution in [3.63, 3.8) is 0 Å². The molecule has 3 aromatic carbocycles. The predicted molar refractivity (Wildman–Crippen MR) is 146 cm³/mol. The van der Waals surface area contributed by atoms with Crippen molar-refractivity contribution in [3.8, 4) is 11.3 Å². The summed E-state index contributed by atoms with van der Waals surface area (Å²) in [5.41, 5.74) is 7.24. The number of fused-ring (bicyclic) bond motifs is 1. The van der Waals surface area contributed by atoms with Crippen LogP contribution in [0.25, 0.3) is 17.3 Å². The van der Waals surface area contributed by atoms with Crippen molar-refractivity contribution in [2.75, 3.05) is 5.01 Å². The first kappa shape index (κ1) is 21.5. The van der Waals surface area contributed by atoms with Gasteiger partial charge in [-0.2, -0.15) is 5.10 Å². The fourth-order valence-corrected chi connectivity index (χ4v) is 6.10. The minimum absolute atomic E-state index is 0.166. The lowest BCUT2D eigenvalue weighted by Crippen LogP contribution is -2.28. The van der Waals surface area contributed by atoms with Crippen LogP contribution in [-0.4, -0.2) is 10.7 Å². The molecule has 0 spiro atoms. The lowest BCUT2D eigenvalue weighted by Gasteiger charge is -2.29. The van der Waals surface area contributed by atoms with E-state index in [-0.39, 0.29) is 6.04 Å². The summed E-state index contributed by atoms with van der Waals surface area (Å²) in [5.74, 6) is 0.367. The zero-order chi connectivity index (χ0) is 22.9. The number of benzene rings is 3. The van der Waals surface area contributed by atoms with E-state index in [1.165, 1.54) is 28.8 Å². The van der Waals surface area contributed by atoms with Crippen LogP contribution in [0, 0.1) is 5.92 Å². The molecule has 2 heterocycles. The molecule has 1 fully saturated rings. The molecule has 2 aliphatic rings. The summed E-state index contributed by atoms with van der Waals surface area (Å²) in [7, 11) is 0. The summed E-state index contributed by atoms with van der Waals surface area (Å²) in [4.78, 5) is 5.04. The lowest BCUT2D eigenvalue weighted by molar-refractivity contribution is 0.487. The topological polar surface area (TPSA) is 28.5 Å². The third-order valence-electron chi connectivity index (χ3n) is 6.61. The van der Waals surface area contributed by atoms with Gasteiger partial charge < -0.3 is 0 Å². The van der Waals surface area contributed by atoms with Gasteiger partial charge in [0.2, 0.25) is 5.13 Å². The van der Waals surface area contributed by atoms with Crippen molar-refractivity contribution in [1.29, 1.82) is 0 Å². The number of thiazole rings is 1. The van der Waals surface area contributed by atoms with Gasteiger partial charge in [-0.1, -0.05) is 88.7 Å². The fourth-order valence-electron chi connectivity index (χ4n) is 5.01. The van der Waals surface area contributed by atoms with Gasteiger partial charge in [-0.25, -0.2) is 9.99 Å². The lowest BCUT2D eigenvalue weighted by atomic mass is 9.77. The van der Waals surface area contributed by atoms with E-state index in [1.807, 2.05) is 0 Å². The van der Waals surface area contributed by atoms with Gasteiger partial charge in [0.05, 0.1) is 17.4 Å². The smallest absolute Gasteiger partial charge is 0.207 e. The standard InChI is InChI=1S/C29H24BrN3S/c30-24-16-14-21(15-17-24)26-19-34-29(31-26)33-28(22-10-5-2-6-11-22)25-13-7-12-23(27(25)32-33)18-20-8-3-1-4-9-20/h1-6,8-11,14-19,25,28H,7,12-13H2/b23-18+. The second-order valence-corrected chi connectivity index (χ2v) is 10.5. The molecule has 1 saturated carbocycles. The van der Waals surface area contributed by atoms with Gasteiger partial charge in [-0.15, -0.1) is 11.3 Å². The van der Waals surface area contributed by atoms with Crippen molar-refractivity contribution in [2.45, 2.75) is 25.3 Å². The molecule has 1 aliphatic carbocycles. The van der Waals surface area contributed by atoms with E-state index in [9.17, 15) is 0 Å². The Balaban J connectivity index is 1.42. The third kappa shape index (κ3) is 4.15. The maximum absolute atomic E-state index is 5.26. The van der Waals surface area contributed by atoms with Crippen LogP contribution in [0.3, 0.4) is 0 Å². The normalized spacial score (nSPS) is 20.9. The second-order valence-electron chi connectivity index (χ2n) is 8.79. The first-order valence-electron chi connectivity index (χ1n) is 11.7. The molecule has 0 amide bonds. The van der Waals surface area contributed by atoms with Gasteiger partial charge in [-0.3, -0.25) is 0 Å². The molecule has 3 nitrogen and oxygen atoms in total. The summed E-state index contributed by atoms with van der Waals surface area (Å²) in [6.07, 6.45) is 5.72. The predicted octanol–water partition coefficient (Wildman–Crippen LogP) is 8.37. The third-order valence-corrected chi connectivity index (χ3v) is 7.97. The van der Waals surface area contributed by atoms with Crippen molar-refractivity contribution in [3.05, 3.63) is 111 Å². The quantitative estimate of drug-likeness (QED) is 0.267. The molecule has 1 aliphatic heterocycles. The van der Waals surface area contributed by atoms with Crippen LogP contribution in [0.4, 0.5) is 5.13 Å². The van der Waals surface area contributed by atoms with Crippen LogP contribution in [0.5, 0.6) is 0 Å². The van der Waals surface area contributed by atoms with Gasteiger partial charge >= 0.3 is 0 Å². The molecule has 0 radical (unpaired) electrons. The fraction of sp³-hybridized carbons (Fsp3) is 0.172. The molecule has 0 saturated heterocycles. The molecule has 168 valence electrons. The van der Waals surface area contributed by atoms with Gasteiger partial charge in [0.1, 0.15) is 0 Å². The monoisotopic (exact) mass is 525 g/mol. The Morgan fingerprint density at radius 2 is 1.65 bits per heavy atom. The number of allylic oxidation sites excluding steroid dienone is 1. The number of halogens is 1. The highest BCUT2D eigenvalue weighted by molar-refractivity contribution is 9.10. The van der Waals surface area contributed by atoms with Crippen LogP contribution in [0.2, 0.25) is 0 Å². The Bertz CT molecular complexity index is 1340. The van der Waals surface area contributed by atoms with E-state index in [0.29, 0.717) is 5.92 Å². The molecule has 4 aromatic rings. The van der Waals surface area contributed by atoms with Crippen LogP contribution < -0.4 is 5.01 Å². The Morgan fingerprint density at radius 3 is 2.41 bits per heavy atom. The Morgan fingerprint density at radius 1 is 0.912 bits per heavy atom. The van der Waals surface area contributed by atoms with E-state index in [4.69, 9.17) is 10.1 Å². The van der Waals surface area contributed by atoms with E-state index in [2.05, 4.69) is 117 Å². The highest BCUT2D eigenvalue weighted by Gasteiger charge is 2.42. The number of aromatic nitrogens is 1. The van der Waals surface area contributed by atoms with E-state index >= 15 is 0 Å². The molecule has 6 rings (SSSR count). The molecule has 0 N–H and O–H groups in total. The largest absolute Gasteiger partial charge is 0.231 e. The Kier molecular flexibility index (Phi) is 5.90. The minimum Gasteiger partial charge on any atom is -0.231 e. The van der Waals surface area contributed by atoms with Crippen molar-refractivity contribution >= 4 is 44.2 Å². The highest BCUT2D eigenvalue weighted by atomic mass is 79.9. The molecule has 2 unspecified atom stereocenters. The molecule has 2 atom stereocenters. The van der Waals surface area contributed by atoms with Gasteiger partial charge in [0.25, 0.3) is 0 Å². The maximum Gasteiger partial charge on any atom is 0.207 e. The van der Waals surface area contributed by atoms with E-state index in [1.54, 1.807) is 11.3 Å². The molecule has 1 aromatic heterocycles. The SMILES string of the molecule is Brc1ccc(-c2csc(N3N=C4/C(=C/c5ccccc5)CCCC4C3c3ccccc3)n2)cc1. The molecule has 34 heavy (non-hydrogen) atoms. The number of hydrogen-bond donors (Lipinski definition) is 0. The zero-order valence-electron chi connectivity index (χ0n) is 18.6. The average molecular weight is 527 g/mol. The number of hydrazone groups is 1. The molecule has 5 heteroatoms. The minimum atomic E-state index is 0.166. The molecular formula is C29H24BrN3S. The number of hydrogen-bond acceptors (Lipinski definition) is 4. The molecular weight excluding hydrogens is 502 g/mol. The Hall–Kier alpha value is -3.02.